The maximum Gasteiger partial charge on any atom is 0.0449 e. The van der Waals surface area contributed by atoms with Gasteiger partial charge in [-0.2, -0.15) is 0 Å². The van der Waals surface area contributed by atoms with Gasteiger partial charge in [0.05, 0.1) is 0 Å². The largest absolute Gasteiger partial charge is 0.396 e. The van der Waals surface area contributed by atoms with Gasteiger partial charge in [0.15, 0.2) is 0 Å². The van der Waals surface area contributed by atoms with E-state index in [1.165, 1.54) is 16.7 Å². The van der Waals surface area contributed by atoms with E-state index in [2.05, 4.69) is 26.0 Å². The number of halogens is 1. The van der Waals surface area contributed by atoms with Crippen LogP contribution in [0.25, 0.3) is 0 Å². The number of hydrogen-bond acceptors (Lipinski definition) is 2. The molecule has 80 valence electrons. The first-order valence-electron chi connectivity index (χ1n) is 4.59. The molecule has 0 saturated carbocycles. The van der Waals surface area contributed by atoms with Crippen LogP contribution in [0.3, 0.4) is 0 Å². The lowest BCUT2D eigenvalue weighted by Gasteiger charge is -2.16. The highest BCUT2D eigenvalue weighted by Gasteiger charge is 2.10. The van der Waals surface area contributed by atoms with Crippen LogP contribution in [0.5, 0.6) is 0 Å². The van der Waals surface area contributed by atoms with Gasteiger partial charge in [-0.1, -0.05) is 18.2 Å². The smallest absolute Gasteiger partial charge is 0.0449 e. The summed E-state index contributed by atoms with van der Waals surface area (Å²) in [7, 11) is 0. The Labute approximate surface area is 91.5 Å². The van der Waals surface area contributed by atoms with Crippen LogP contribution in [0.4, 0.5) is 0 Å². The second-order valence-corrected chi connectivity index (χ2v) is 3.42. The van der Waals surface area contributed by atoms with Crippen LogP contribution in [-0.4, -0.2) is 11.7 Å². The summed E-state index contributed by atoms with van der Waals surface area (Å²) in [5, 5.41) is 8.80. The summed E-state index contributed by atoms with van der Waals surface area (Å²) in [4.78, 5) is 0. The van der Waals surface area contributed by atoms with Crippen molar-refractivity contribution in [1.29, 1.82) is 0 Å². The van der Waals surface area contributed by atoms with E-state index < -0.39 is 0 Å². The van der Waals surface area contributed by atoms with Crippen molar-refractivity contribution in [2.24, 2.45) is 5.73 Å². The Morgan fingerprint density at radius 1 is 1.29 bits per heavy atom. The molecule has 2 nitrogen and oxygen atoms in total. The third-order valence-electron chi connectivity index (χ3n) is 2.35. The van der Waals surface area contributed by atoms with Crippen LogP contribution in [0.2, 0.25) is 0 Å². The Bertz CT molecular complexity index is 268. The number of aryl methyl sites for hydroxylation is 2. The molecule has 0 aromatic heterocycles. The van der Waals surface area contributed by atoms with E-state index in [0.717, 1.165) is 0 Å². The first kappa shape index (κ1) is 13.4. The lowest BCUT2D eigenvalue weighted by Crippen LogP contribution is -2.14. The van der Waals surface area contributed by atoms with Crippen molar-refractivity contribution in [2.75, 3.05) is 6.61 Å². The molecule has 3 heteroatoms. The Morgan fingerprint density at radius 2 is 1.79 bits per heavy atom. The van der Waals surface area contributed by atoms with E-state index in [4.69, 9.17) is 10.8 Å². The number of benzene rings is 1. The van der Waals surface area contributed by atoms with Crippen LogP contribution in [0.1, 0.15) is 29.2 Å². The minimum Gasteiger partial charge on any atom is -0.396 e. The van der Waals surface area contributed by atoms with Crippen molar-refractivity contribution in [3.63, 3.8) is 0 Å². The van der Waals surface area contributed by atoms with Crippen LogP contribution < -0.4 is 5.73 Å². The maximum atomic E-state index is 8.80. The van der Waals surface area contributed by atoms with Crippen molar-refractivity contribution in [3.8, 4) is 0 Å². The van der Waals surface area contributed by atoms with Crippen LogP contribution in [0.15, 0.2) is 18.2 Å². The number of aliphatic hydroxyl groups is 1. The Morgan fingerprint density at radius 3 is 2.21 bits per heavy atom. The summed E-state index contributed by atoms with van der Waals surface area (Å²) in [5.41, 5.74) is 9.54. The minimum absolute atomic E-state index is 0. The molecular weight excluding hydrogens is 198 g/mol. The van der Waals surface area contributed by atoms with Crippen LogP contribution in [0, 0.1) is 13.8 Å². The van der Waals surface area contributed by atoms with Gasteiger partial charge in [-0.05, 0) is 37.0 Å². The lowest BCUT2D eigenvalue weighted by molar-refractivity contribution is 0.276. The van der Waals surface area contributed by atoms with Crippen molar-refractivity contribution in [3.05, 3.63) is 34.9 Å². The van der Waals surface area contributed by atoms with E-state index in [-0.39, 0.29) is 25.1 Å². The molecule has 0 radical (unpaired) electrons. The zero-order chi connectivity index (χ0) is 9.84. The van der Waals surface area contributed by atoms with E-state index in [0.29, 0.717) is 6.42 Å². The lowest BCUT2D eigenvalue weighted by atomic mass is 9.95. The highest BCUT2D eigenvalue weighted by molar-refractivity contribution is 5.85. The molecule has 0 heterocycles. The molecule has 1 aromatic carbocycles. The molecule has 0 unspecified atom stereocenters. The fourth-order valence-electron chi connectivity index (χ4n) is 1.70. The summed E-state index contributed by atoms with van der Waals surface area (Å²) in [6.07, 6.45) is 0.631. The molecule has 0 bridgehead atoms. The van der Waals surface area contributed by atoms with Crippen molar-refractivity contribution >= 4 is 12.4 Å². The monoisotopic (exact) mass is 215 g/mol. The molecule has 14 heavy (non-hydrogen) atoms. The summed E-state index contributed by atoms with van der Waals surface area (Å²) in [6, 6.07) is 6.10. The summed E-state index contributed by atoms with van der Waals surface area (Å²) in [6.45, 7) is 4.26. The predicted molar refractivity (Wildman–Crippen MR) is 61.8 cm³/mol. The quantitative estimate of drug-likeness (QED) is 0.812. The van der Waals surface area contributed by atoms with Gasteiger partial charge in [-0.3, -0.25) is 0 Å². The minimum atomic E-state index is -0.0359. The van der Waals surface area contributed by atoms with E-state index >= 15 is 0 Å². The molecule has 0 amide bonds. The standard InChI is InChI=1S/C11H17NO.ClH/c1-8-4-3-5-9(2)11(8)10(12)6-7-13;/h3-5,10,13H,6-7,12H2,1-2H3;1H/t10-;/m1./s1. The van der Waals surface area contributed by atoms with Gasteiger partial charge in [-0.25, -0.2) is 0 Å². The van der Waals surface area contributed by atoms with Crippen molar-refractivity contribution < 1.29 is 5.11 Å². The van der Waals surface area contributed by atoms with E-state index in [9.17, 15) is 0 Å². The first-order chi connectivity index (χ1) is 6.16. The number of nitrogens with two attached hydrogens (primary N) is 1. The molecular formula is C11H18ClNO. The summed E-state index contributed by atoms with van der Waals surface area (Å²) in [5.74, 6) is 0. The second kappa shape index (κ2) is 6.02. The predicted octanol–water partition coefficient (Wildman–Crippen LogP) is 2.11. The third-order valence-corrected chi connectivity index (χ3v) is 2.35. The first-order valence-corrected chi connectivity index (χ1v) is 4.59. The summed E-state index contributed by atoms with van der Waals surface area (Å²) >= 11 is 0. The molecule has 0 fully saturated rings. The summed E-state index contributed by atoms with van der Waals surface area (Å²) < 4.78 is 0. The van der Waals surface area contributed by atoms with Gasteiger partial charge in [0, 0.05) is 12.6 Å². The Kier molecular flexibility index (Phi) is 5.77. The third kappa shape index (κ3) is 2.98. The topological polar surface area (TPSA) is 46.2 Å². The number of hydrogen-bond donors (Lipinski definition) is 2. The molecule has 1 atom stereocenters. The highest BCUT2D eigenvalue weighted by Crippen LogP contribution is 2.21. The van der Waals surface area contributed by atoms with Gasteiger partial charge in [0.1, 0.15) is 0 Å². The maximum absolute atomic E-state index is 8.80. The van der Waals surface area contributed by atoms with Gasteiger partial charge in [-0.15, -0.1) is 12.4 Å². The van der Waals surface area contributed by atoms with Gasteiger partial charge in [0.2, 0.25) is 0 Å². The zero-order valence-corrected chi connectivity index (χ0v) is 9.47. The van der Waals surface area contributed by atoms with Crippen molar-refractivity contribution in [2.45, 2.75) is 26.3 Å². The van der Waals surface area contributed by atoms with Crippen LogP contribution >= 0.6 is 12.4 Å². The molecule has 0 aliphatic carbocycles. The number of rotatable bonds is 3. The average Bonchev–Trinajstić information content (AvgIpc) is 2.04. The van der Waals surface area contributed by atoms with E-state index in [1.54, 1.807) is 0 Å². The Hall–Kier alpha value is -0.570. The fraction of sp³-hybridized carbons (Fsp3) is 0.455. The highest BCUT2D eigenvalue weighted by atomic mass is 35.5. The van der Waals surface area contributed by atoms with Gasteiger partial charge in [0.25, 0.3) is 0 Å². The fourth-order valence-corrected chi connectivity index (χ4v) is 1.70. The molecule has 1 aromatic rings. The molecule has 1 rings (SSSR count). The Balaban J connectivity index is 0.00000169. The average molecular weight is 216 g/mol. The molecule has 0 spiro atoms. The normalized spacial score (nSPS) is 12.0. The molecule has 3 N–H and O–H groups in total. The zero-order valence-electron chi connectivity index (χ0n) is 8.66. The number of aliphatic hydroxyl groups excluding tert-OH is 1. The molecule has 0 aliphatic heterocycles. The SMILES string of the molecule is Cc1cccc(C)c1[C@H](N)CCO.Cl. The molecule has 0 aliphatic rings. The van der Waals surface area contributed by atoms with Crippen molar-refractivity contribution in [1.82, 2.24) is 0 Å². The van der Waals surface area contributed by atoms with Gasteiger partial charge < -0.3 is 10.8 Å². The van der Waals surface area contributed by atoms with Crippen LogP contribution in [-0.2, 0) is 0 Å². The molecule has 0 saturated heterocycles. The van der Waals surface area contributed by atoms with Gasteiger partial charge >= 0.3 is 0 Å². The second-order valence-electron chi connectivity index (χ2n) is 3.42. The van der Waals surface area contributed by atoms with E-state index in [1.807, 2.05) is 6.07 Å².